The lowest BCUT2D eigenvalue weighted by Crippen LogP contribution is -2.30. The Morgan fingerprint density at radius 2 is 1.84 bits per heavy atom. The highest BCUT2D eigenvalue weighted by atomic mass is 16.2. The normalized spacial score (nSPS) is 18.1. The molecule has 0 spiro atoms. The maximum atomic E-state index is 12.7. The van der Waals surface area contributed by atoms with Gasteiger partial charge in [-0.05, 0) is 40.5 Å². The summed E-state index contributed by atoms with van der Waals surface area (Å²) in [4.78, 5) is 27.6. The van der Waals surface area contributed by atoms with Crippen molar-refractivity contribution < 1.29 is 4.79 Å². The molecule has 0 aliphatic heterocycles. The summed E-state index contributed by atoms with van der Waals surface area (Å²) in [6.07, 6.45) is 0.843. The number of H-pyrrole nitrogens is 1. The number of pyridine rings is 1. The van der Waals surface area contributed by atoms with Gasteiger partial charge in [0, 0.05) is 5.39 Å². The predicted molar refractivity (Wildman–Crippen MR) is 98.9 cm³/mol. The molecule has 2 N–H and O–H groups in total. The maximum Gasteiger partial charge on any atom is 0.268 e. The second kappa shape index (κ2) is 5.59. The van der Waals surface area contributed by atoms with Crippen LogP contribution in [-0.2, 0) is 5.41 Å². The smallest absolute Gasteiger partial charge is 0.268 e. The summed E-state index contributed by atoms with van der Waals surface area (Å²) in [6, 6.07) is 17.2. The molecule has 0 saturated carbocycles. The van der Waals surface area contributed by atoms with E-state index in [9.17, 15) is 9.59 Å². The third-order valence-corrected chi connectivity index (χ3v) is 5.08. The number of carbonyl (C=O) groups excluding carboxylic acids is 1. The van der Waals surface area contributed by atoms with Crippen LogP contribution >= 0.6 is 0 Å². The van der Waals surface area contributed by atoms with E-state index in [1.165, 1.54) is 5.56 Å². The molecule has 1 atom stereocenters. The number of fused-ring (bicyclic) bond motifs is 2. The van der Waals surface area contributed by atoms with E-state index in [0.29, 0.717) is 11.1 Å². The zero-order chi connectivity index (χ0) is 17.6. The Morgan fingerprint density at radius 1 is 1.12 bits per heavy atom. The minimum atomic E-state index is -0.250. The minimum Gasteiger partial charge on any atom is -0.344 e. The zero-order valence-corrected chi connectivity index (χ0v) is 14.3. The van der Waals surface area contributed by atoms with Gasteiger partial charge in [-0.3, -0.25) is 9.59 Å². The van der Waals surface area contributed by atoms with Gasteiger partial charge in [0.1, 0.15) is 5.69 Å². The lowest BCUT2D eigenvalue weighted by Gasteiger charge is -2.19. The van der Waals surface area contributed by atoms with Crippen LogP contribution in [0.15, 0.2) is 59.4 Å². The summed E-state index contributed by atoms with van der Waals surface area (Å²) in [7, 11) is 0. The number of carbonyl (C=O) groups is 1. The molecule has 0 saturated heterocycles. The molecule has 1 amide bonds. The van der Waals surface area contributed by atoms with E-state index in [0.717, 1.165) is 17.4 Å². The van der Waals surface area contributed by atoms with E-state index < -0.39 is 0 Å². The van der Waals surface area contributed by atoms with Crippen molar-refractivity contribution >= 4 is 16.7 Å². The van der Waals surface area contributed by atoms with Crippen LogP contribution in [-0.4, -0.2) is 10.9 Å². The molecule has 0 radical (unpaired) electrons. The average Bonchev–Trinajstić information content (AvgIpc) is 2.86. The van der Waals surface area contributed by atoms with Gasteiger partial charge >= 0.3 is 0 Å². The molecule has 0 bridgehead atoms. The predicted octanol–water partition coefficient (Wildman–Crippen LogP) is 3.68. The molecule has 25 heavy (non-hydrogen) atoms. The molecule has 4 heteroatoms. The Hall–Kier alpha value is -2.88. The third kappa shape index (κ3) is 2.64. The highest BCUT2D eigenvalue weighted by molar-refractivity contribution is 5.96. The first-order valence-corrected chi connectivity index (χ1v) is 8.48. The molecule has 0 fully saturated rings. The van der Waals surface area contributed by atoms with Crippen molar-refractivity contribution in [2.24, 2.45) is 0 Å². The topological polar surface area (TPSA) is 62.0 Å². The van der Waals surface area contributed by atoms with Crippen LogP contribution in [0.25, 0.3) is 10.8 Å². The van der Waals surface area contributed by atoms with Crippen molar-refractivity contribution in [1.29, 1.82) is 0 Å². The van der Waals surface area contributed by atoms with E-state index in [1.807, 2.05) is 30.3 Å². The summed E-state index contributed by atoms with van der Waals surface area (Å²) in [5.41, 5.74) is 2.50. The third-order valence-electron chi connectivity index (χ3n) is 5.08. The van der Waals surface area contributed by atoms with Crippen LogP contribution in [0.4, 0.5) is 0 Å². The van der Waals surface area contributed by atoms with Crippen LogP contribution in [0.1, 0.15) is 47.9 Å². The molecule has 1 aliphatic carbocycles. The van der Waals surface area contributed by atoms with Gasteiger partial charge in [0.05, 0.1) is 6.04 Å². The van der Waals surface area contributed by atoms with E-state index in [1.54, 1.807) is 12.1 Å². The van der Waals surface area contributed by atoms with Gasteiger partial charge in [0.2, 0.25) is 0 Å². The number of hydrogen-bond acceptors (Lipinski definition) is 2. The van der Waals surface area contributed by atoms with E-state index in [-0.39, 0.29) is 22.9 Å². The molecular weight excluding hydrogens is 312 g/mol. The molecule has 0 unspecified atom stereocenters. The van der Waals surface area contributed by atoms with Gasteiger partial charge in [0.15, 0.2) is 0 Å². The summed E-state index contributed by atoms with van der Waals surface area (Å²) in [5.74, 6) is -0.250. The molecule has 126 valence electrons. The Morgan fingerprint density at radius 3 is 2.68 bits per heavy atom. The summed E-state index contributed by atoms with van der Waals surface area (Å²) < 4.78 is 0. The lowest BCUT2D eigenvalue weighted by atomic mass is 9.86. The molecule has 1 aromatic heterocycles. The second-order valence-electron chi connectivity index (χ2n) is 7.30. The molecule has 1 aliphatic rings. The Balaban J connectivity index is 1.67. The summed E-state index contributed by atoms with van der Waals surface area (Å²) in [6.45, 7) is 4.38. The number of aromatic nitrogens is 1. The van der Waals surface area contributed by atoms with Gasteiger partial charge in [-0.15, -0.1) is 0 Å². The molecule has 3 aromatic rings. The van der Waals surface area contributed by atoms with E-state index in [2.05, 4.69) is 36.3 Å². The van der Waals surface area contributed by atoms with Gasteiger partial charge < -0.3 is 10.3 Å². The Labute approximate surface area is 145 Å². The standard InChI is InChI=1S/C21H20N2O2/c1-21(2)12-18(15-9-5-6-10-16(15)21)23-20(25)17-11-13-7-3-4-8-14(13)19(24)22-17/h3-11,18H,12H2,1-2H3,(H,22,24)(H,23,25)/t18-/m1/s1. The fourth-order valence-electron chi connectivity index (χ4n) is 3.85. The maximum absolute atomic E-state index is 12.7. The lowest BCUT2D eigenvalue weighted by molar-refractivity contribution is 0.0929. The molecule has 1 heterocycles. The van der Waals surface area contributed by atoms with Crippen LogP contribution in [0, 0.1) is 0 Å². The number of nitrogens with one attached hydrogen (secondary N) is 2. The first-order chi connectivity index (χ1) is 12.0. The number of amides is 1. The number of rotatable bonds is 2. The first-order valence-electron chi connectivity index (χ1n) is 8.48. The van der Waals surface area contributed by atoms with Gasteiger partial charge in [-0.2, -0.15) is 0 Å². The van der Waals surface area contributed by atoms with Crippen molar-refractivity contribution in [3.8, 4) is 0 Å². The molecule has 4 nitrogen and oxygen atoms in total. The van der Waals surface area contributed by atoms with Gasteiger partial charge in [0.25, 0.3) is 11.5 Å². The van der Waals surface area contributed by atoms with Crippen molar-refractivity contribution in [2.75, 3.05) is 0 Å². The van der Waals surface area contributed by atoms with Gasteiger partial charge in [-0.25, -0.2) is 0 Å². The monoisotopic (exact) mass is 332 g/mol. The molecular formula is C21H20N2O2. The van der Waals surface area contributed by atoms with Crippen LogP contribution < -0.4 is 10.9 Å². The molecule has 2 aromatic carbocycles. The van der Waals surface area contributed by atoms with Crippen LogP contribution in [0.2, 0.25) is 0 Å². The average molecular weight is 332 g/mol. The van der Waals surface area contributed by atoms with Crippen molar-refractivity contribution in [3.63, 3.8) is 0 Å². The second-order valence-corrected chi connectivity index (χ2v) is 7.30. The fraction of sp³-hybridized carbons (Fsp3) is 0.238. The fourth-order valence-corrected chi connectivity index (χ4v) is 3.85. The van der Waals surface area contributed by atoms with Crippen molar-refractivity contribution in [2.45, 2.75) is 31.7 Å². The van der Waals surface area contributed by atoms with Gasteiger partial charge in [-0.1, -0.05) is 56.3 Å². The largest absolute Gasteiger partial charge is 0.344 e. The number of hydrogen-bond donors (Lipinski definition) is 2. The number of benzene rings is 2. The molecule has 4 rings (SSSR count). The highest BCUT2D eigenvalue weighted by Crippen LogP contribution is 2.44. The van der Waals surface area contributed by atoms with Crippen molar-refractivity contribution in [1.82, 2.24) is 10.3 Å². The summed E-state index contributed by atoms with van der Waals surface area (Å²) >= 11 is 0. The minimum absolute atomic E-state index is 0.0192. The Kier molecular flexibility index (Phi) is 3.49. The van der Waals surface area contributed by atoms with E-state index >= 15 is 0 Å². The van der Waals surface area contributed by atoms with Crippen LogP contribution in [0.5, 0.6) is 0 Å². The van der Waals surface area contributed by atoms with E-state index in [4.69, 9.17) is 0 Å². The number of aromatic amines is 1. The SMILES string of the molecule is CC1(C)C[C@@H](NC(=O)c2cc3ccccc3c(=O)[nH]2)c2ccccc21. The van der Waals surface area contributed by atoms with Crippen molar-refractivity contribution in [3.05, 3.63) is 81.8 Å². The Bertz CT molecular complexity index is 1030. The summed E-state index contributed by atoms with van der Waals surface area (Å²) in [5, 5.41) is 4.45. The first kappa shape index (κ1) is 15.6. The zero-order valence-electron chi connectivity index (χ0n) is 14.3. The van der Waals surface area contributed by atoms with Crippen LogP contribution in [0.3, 0.4) is 0 Å². The quantitative estimate of drug-likeness (QED) is 0.752. The highest BCUT2D eigenvalue weighted by Gasteiger charge is 2.37.